The summed E-state index contributed by atoms with van der Waals surface area (Å²) >= 11 is 0. The monoisotopic (exact) mass is 441 g/mol. The van der Waals surface area contributed by atoms with Gasteiger partial charge in [0.1, 0.15) is 5.66 Å². The number of piperazine rings is 1. The topological polar surface area (TPSA) is 130 Å². The fraction of sp³-hybridized carbons (Fsp3) is 0.545. The number of hydrogen-bond donors (Lipinski definition) is 2. The van der Waals surface area contributed by atoms with Crippen molar-refractivity contribution in [1.82, 2.24) is 9.80 Å². The number of aliphatic imine (C=N–C) groups is 2. The maximum absolute atomic E-state index is 13.5. The summed E-state index contributed by atoms with van der Waals surface area (Å²) < 4.78 is 5.07. The molecule has 10 nitrogen and oxygen atoms in total. The second-order valence-corrected chi connectivity index (χ2v) is 8.31. The molecular formula is C22H31N7O3. The number of nitrogens with zero attached hydrogens (tertiary/aromatic N) is 5. The Hall–Kier alpha value is -3.30. The van der Waals surface area contributed by atoms with Gasteiger partial charge in [0.15, 0.2) is 0 Å². The molecule has 4 rings (SSSR count). The van der Waals surface area contributed by atoms with Gasteiger partial charge in [-0.3, -0.25) is 9.69 Å². The van der Waals surface area contributed by atoms with Crippen molar-refractivity contribution in [1.29, 1.82) is 0 Å². The number of para-hydroxylation sites is 1. The Bertz CT molecular complexity index is 931. The minimum atomic E-state index is -0.618. The van der Waals surface area contributed by atoms with Gasteiger partial charge < -0.3 is 26.0 Å². The Labute approximate surface area is 187 Å². The van der Waals surface area contributed by atoms with Gasteiger partial charge in [0, 0.05) is 26.2 Å². The SMILES string of the molecule is CCOC(=O)N1CCN(C(=O)c2ccccc2N2C(N)=NC(N)=NC23CCCCC3)CC1. The van der Waals surface area contributed by atoms with E-state index in [4.69, 9.17) is 21.2 Å². The molecule has 0 radical (unpaired) electrons. The summed E-state index contributed by atoms with van der Waals surface area (Å²) in [6.45, 7) is 3.85. The Morgan fingerprint density at radius 2 is 1.69 bits per heavy atom. The first-order chi connectivity index (χ1) is 15.4. The molecule has 1 spiro atoms. The molecule has 2 aliphatic heterocycles. The summed E-state index contributed by atoms with van der Waals surface area (Å²) in [4.78, 5) is 39.7. The van der Waals surface area contributed by atoms with E-state index in [1.165, 1.54) is 0 Å². The third kappa shape index (κ3) is 4.09. The highest BCUT2D eigenvalue weighted by atomic mass is 16.6. The van der Waals surface area contributed by atoms with E-state index in [0.717, 1.165) is 32.1 Å². The number of ether oxygens (including phenoxy) is 1. The zero-order valence-electron chi connectivity index (χ0n) is 18.5. The lowest BCUT2D eigenvalue weighted by atomic mass is 9.87. The van der Waals surface area contributed by atoms with Crippen LogP contribution in [0.25, 0.3) is 0 Å². The maximum atomic E-state index is 13.5. The van der Waals surface area contributed by atoms with Gasteiger partial charge in [0.25, 0.3) is 5.91 Å². The number of guanidine groups is 2. The minimum Gasteiger partial charge on any atom is -0.450 e. The lowest BCUT2D eigenvalue weighted by molar-refractivity contribution is 0.0571. The predicted molar refractivity (Wildman–Crippen MR) is 122 cm³/mol. The number of benzene rings is 1. The molecule has 10 heteroatoms. The van der Waals surface area contributed by atoms with Crippen LogP contribution in [-0.2, 0) is 4.74 Å². The van der Waals surface area contributed by atoms with Crippen molar-refractivity contribution < 1.29 is 14.3 Å². The van der Waals surface area contributed by atoms with E-state index in [-0.39, 0.29) is 23.9 Å². The van der Waals surface area contributed by atoms with Crippen molar-refractivity contribution in [3.05, 3.63) is 29.8 Å². The molecule has 172 valence electrons. The van der Waals surface area contributed by atoms with E-state index in [1.54, 1.807) is 22.8 Å². The van der Waals surface area contributed by atoms with E-state index in [1.807, 2.05) is 23.1 Å². The molecule has 1 aromatic carbocycles. The Balaban J connectivity index is 1.60. The number of amides is 2. The van der Waals surface area contributed by atoms with Gasteiger partial charge in [-0.2, -0.15) is 4.99 Å². The lowest BCUT2D eigenvalue weighted by Crippen LogP contribution is -2.59. The lowest BCUT2D eigenvalue weighted by Gasteiger charge is -2.46. The molecular weight excluding hydrogens is 410 g/mol. The van der Waals surface area contributed by atoms with Crippen LogP contribution in [0.4, 0.5) is 10.5 Å². The number of hydrogen-bond acceptors (Lipinski definition) is 8. The average Bonchev–Trinajstić information content (AvgIpc) is 2.79. The van der Waals surface area contributed by atoms with Crippen molar-refractivity contribution in [3.8, 4) is 0 Å². The fourth-order valence-electron chi connectivity index (χ4n) is 4.80. The summed E-state index contributed by atoms with van der Waals surface area (Å²) in [5.41, 5.74) is 13.0. The Morgan fingerprint density at radius 3 is 2.38 bits per heavy atom. The van der Waals surface area contributed by atoms with Crippen LogP contribution < -0.4 is 16.4 Å². The van der Waals surface area contributed by atoms with Gasteiger partial charge in [-0.1, -0.05) is 18.6 Å². The third-order valence-corrected chi connectivity index (χ3v) is 6.32. The molecule has 32 heavy (non-hydrogen) atoms. The molecule has 2 amide bonds. The van der Waals surface area contributed by atoms with Crippen molar-refractivity contribution in [2.45, 2.75) is 44.7 Å². The van der Waals surface area contributed by atoms with Gasteiger partial charge in [-0.25, -0.2) is 9.79 Å². The fourth-order valence-corrected chi connectivity index (χ4v) is 4.80. The van der Waals surface area contributed by atoms with Crippen LogP contribution in [0.15, 0.2) is 34.3 Å². The number of nitrogens with two attached hydrogens (primary N) is 2. The van der Waals surface area contributed by atoms with E-state index in [2.05, 4.69) is 4.99 Å². The zero-order valence-corrected chi connectivity index (χ0v) is 18.5. The summed E-state index contributed by atoms with van der Waals surface area (Å²) in [5, 5.41) is 0. The molecule has 3 aliphatic rings. The van der Waals surface area contributed by atoms with Gasteiger partial charge in [0.2, 0.25) is 11.9 Å². The van der Waals surface area contributed by atoms with Crippen molar-refractivity contribution in [3.63, 3.8) is 0 Å². The number of carbonyl (C=O) groups excluding carboxylic acids is 2. The molecule has 1 aromatic rings. The zero-order chi connectivity index (χ0) is 22.7. The standard InChI is InChI=1S/C22H31N7O3/c1-2-32-21(31)28-14-12-27(13-15-28)18(30)16-8-4-5-9-17(16)29-20(24)25-19(23)26-22(29)10-6-3-7-11-22/h4-5,8-9H,2-3,6-7,10-15H2,1H3,(H4,23,24,25,26). The quantitative estimate of drug-likeness (QED) is 0.734. The molecule has 0 bridgehead atoms. The van der Waals surface area contributed by atoms with Crippen molar-refractivity contribution in [2.75, 3.05) is 37.7 Å². The van der Waals surface area contributed by atoms with E-state index < -0.39 is 5.66 Å². The van der Waals surface area contributed by atoms with Gasteiger partial charge >= 0.3 is 6.09 Å². The summed E-state index contributed by atoms with van der Waals surface area (Å²) in [6.07, 6.45) is 4.40. The van der Waals surface area contributed by atoms with Gasteiger partial charge in [-0.05, 0) is 44.7 Å². The molecule has 2 fully saturated rings. The third-order valence-electron chi connectivity index (χ3n) is 6.32. The maximum Gasteiger partial charge on any atom is 0.409 e. The smallest absolute Gasteiger partial charge is 0.409 e. The second-order valence-electron chi connectivity index (χ2n) is 8.31. The molecule has 1 aliphatic carbocycles. The van der Waals surface area contributed by atoms with Crippen LogP contribution >= 0.6 is 0 Å². The second kappa shape index (κ2) is 9.05. The number of rotatable bonds is 3. The van der Waals surface area contributed by atoms with Crippen molar-refractivity contribution in [2.24, 2.45) is 21.5 Å². The summed E-state index contributed by atoms with van der Waals surface area (Å²) in [6, 6.07) is 7.42. The van der Waals surface area contributed by atoms with E-state index in [9.17, 15) is 9.59 Å². The van der Waals surface area contributed by atoms with Crippen LogP contribution in [0.1, 0.15) is 49.4 Å². The molecule has 1 saturated heterocycles. The Kier molecular flexibility index (Phi) is 6.20. The highest BCUT2D eigenvalue weighted by molar-refractivity contribution is 6.10. The highest BCUT2D eigenvalue weighted by Crippen LogP contribution is 2.40. The normalized spacial score (nSPS) is 20.6. The first kappa shape index (κ1) is 21.9. The molecule has 4 N–H and O–H groups in total. The van der Waals surface area contributed by atoms with Crippen LogP contribution in [0.5, 0.6) is 0 Å². The van der Waals surface area contributed by atoms with Crippen LogP contribution in [0.2, 0.25) is 0 Å². The Morgan fingerprint density at radius 1 is 1.03 bits per heavy atom. The molecule has 1 saturated carbocycles. The molecule has 0 atom stereocenters. The molecule has 0 unspecified atom stereocenters. The average molecular weight is 442 g/mol. The van der Waals surface area contributed by atoms with Crippen LogP contribution in [-0.4, -0.2) is 72.2 Å². The van der Waals surface area contributed by atoms with E-state index >= 15 is 0 Å². The summed E-state index contributed by atoms with van der Waals surface area (Å²) in [5.74, 6) is 0.330. The summed E-state index contributed by atoms with van der Waals surface area (Å²) in [7, 11) is 0. The van der Waals surface area contributed by atoms with Crippen molar-refractivity contribution >= 4 is 29.6 Å². The van der Waals surface area contributed by atoms with E-state index in [0.29, 0.717) is 44.0 Å². The first-order valence-corrected chi connectivity index (χ1v) is 11.2. The highest BCUT2D eigenvalue weighted by Gasteiger charge is 2.44. The predicted octanol–water partition coefficient (Wildman–Crippen LogP) is 1.71. The first-order valence-electron chi connectivity index (χ1n) is 11.2. The molecule has 0 aromatic heterocycles. The van der Waals surface area contributed by atoms with Gasteiger partial charge in [0.05, 0.1) is 17.9 Å². The largest absolute Gasteiger partial charge is 0.450 e. The molecule has 2 heterocycles. The minimum absolute atomic E-state index is 0.106. The number of anilines is 1. The van der Waals surface area contributed by atoms with Gasteiger partial charge in [-0.15, -0.1) is 0 Å². The number of carbonyl (C=O) groups is 2. The van der Waals surface area contributed by atoms with Crippen LogP contribution in [0.3, 0.4) is 0 Å². The van der Waals surface area contributed by atoms with Crippen LogP contribution in [0, 0.1) is 0 Å².